The van der Waals surface area contributed by atoms with Crippen LogP contribution in [0.2, 0.25) is 0 Å². The van der Waals surface area contributed by atoms with Crippen LogP contribution >= 0.6 is 0 Å². The first-order valence-corrected chi connectivity index (χ1v) is 9.87. The van der Waals surface area contributed by atoms with Gasteiger partial charge in [-0.2, -0.15) is 0 Å². The minimum Gasteiger partial charge on any atom is -0.485 e. The number of nitrogens with zero attached hydrogens (tertiary/aromatic N) is 1. The minimum atomic E-state index is -0.559. The van der Waals surface area contributed by atoms with Crippen molar-refractivity contribution in [1.82, 2.24) is 4.57 Å². The molecule has 156 valence electrons. The van der Waals surface area contributed by atoms with Gasteiger partial charge in [0.1, 0.15) is 12.2 Å². The van der Waals surface area contributed by atoms with Gasteiger partial charge in [0.25, 0.3) is 0 Å². The highest BCUT2D eigenvalue weighted by atomic mass is 16.5. The summed E-state index contributed by atoms with van der Waals surface area (Å²) in [6.45, 7) is 4.07. The Bertz CT molecular complexity index is 1010. The van der Waals surface area contributed by atoms with Gasteiger partial charge in [-0.1, -0.05) is 60.7 Å². The lowest BCUT2D eigenvalue weighted by atomic mass is 10.1. The fourth-order valence-corrected chi connectivity index (χ4v) is 3.28. The Hall–Kier alpha value is -3.54. The molecule has 0 amide bonds. The van der Waals surface area contributed by atoms with E-state index < -0.39 is 11.9 Å². The predicted molar refractivity (Wildman–Crippen MR) is 114 cm³/mol. The minimum absolute atomic E-state index is 0.164. The quantitative estimate of drug-likeness (QED) is 0.510. The molecular formula is C24H25NO5. The summed E-state index contributed by atoms with van der Waals surface area (Å²) >= 11 is 0. The number of hydrogen-bond acceptors (Lipinski definition) is 5. The molecule has 0 aliphatic carbocycles. The molecule has 2 aromatic carbocycles. The lowest BCUT2D eigenvalue weighted by molar-refractivity contribution is 0.0510. The van der Waals surface area contributed by atoms with Crippen LogP contribution in [0.1, 0.15) is 40.3 Å². The molecule has 0 unspecified atom stereocenters. The highest BCUT2D eigenvalue weighted by molar-refractivity contribution is 6.05. The van der Waals surface area contributed by atoms with Crippen molar-refractivity contribution in [3.05, 3.63) is 77.5 Å². The van der Waals surface area contributed by atoms with Crippen molar-refractivity contribution in [3.8, 4) is 17.0 Å². The van der Waals surface area contributed by atoms with Gasteiger partial charge in [-0.3, -0.25) is 0 Å². The molecule has 0 atom stereocenters. The van der Waals surface area contributed by atoms with Crippen LogP contribution in [0.5, 0.6) is 5.75 Å². The molecule has 0 saturated heterocycles. The molecule has 0 aliphatic rings. The summed E-state index contributed by atoms with van der Waals surface area (Å²) < 4.78 is 18.2. The highest BCUT2D eigenvalue weighted by Crippen LogP contribution is 2.38. The third-order valence-electron chi connectivity index (χ3n) is 4.57. The first-order valence-electron chi connectivity index (χ1n) is 9.87. The van der Waals surface area contributed by atoms with Crippen molar-refractivity contribution in [2.45, 2.75) is 20.5 Å². The van der Waals surface area contributed by atoms with Crippen LogP contribution < -0.4 is 4.74 Å². The van der Waals surface area contributed by atoms with Gasteiger partial charge in [0.15, 0.2) is 11.4 Å². The Labute approximate surface area is 176 Å². The number of carbonyl (C=O) groups excluding carboxylic acids is 2. The second-order valence-electron chi connectivity index (χ2n) is 6.54. The number of benzene rings is 2. The van der Waals surface area contributed by atoms with Crippen molar-refractivity contribution in [2.24, 2.45) is 7.05 Å². The van der Waals surface area contributed by atoms with Gasteiger partial charge < -0.3 is 18.8 Å². The lowest BCUT2D eigenvalue weighted by Gasteiger charge is -2.10. The van der Waals surface area contributed by atoms with Gasteiger partial charge >= 0.3 is 11.9 Å². The number of carbonyl (C=O) groups is 2. The van der Waals surface area contributed by atoms with Gasteiger partial charge in [-0.25, -0.2) is 9.59 Å². The van der Waals surface area contributed by atoms with Crippen LogP contribution in [0, 0.1) is 0 Å². The molecular weight excluding hydrogens is 382 g/mol. The molecule has 1 heterocycles. The molecule has 6 nitrogen and oxygen atoms in total. The van der Waals surface area contributed by atoms with E-state index in [1.54, 1.807) is 25.5 Å². The van der Waals surface area contributed by atoms with Crippen LogP contribution in [0.4, 0.5) is 0 Å². The molecule has 0 radical (unpaired) electrons. The molecule has 0 saturated carbocycles. The number of rotatable bonds is 8. The van der Waals surface area contributed by atoms with E-state index in [0.717, 1.165) is 11.1 Å². The summed E-state index contributed by atoms with van der Waals surface area (Å²) in [5.74, 6) is -0.946. The second-order valence-corrected chi connectivity index (χ2v) is 6.54. The maximum Gasteiger partial charge on any atom is 0.358 e. The number of ether oxygens (including phenoxy) is 3. The Morgan fingerprint density at radius 1 is 0.833 bits per heavy atom. The normalized spacial score (nSPS) is 10.5. The maximum atomic E-state index is 12.9. The second kappa shape index (κ2) is 9.78. The first-order chi connectivity index (χ1) is 14.6. The highest BCUT2D eigenvalue weighted by Gasteiger charge is 2.33. The van der Waals surface area contributed by atoms with Crippen LogP contribution in [-0.4, -0.2) is 29.7 Å². The molecule has 3 rings (SSSR count). The smallest absolute Gasteiger partial charge is 0.358 e. The lowest BCUT2D eigenvalue weighted by Crippen LogP contribution is -2.12. The summed E-state index contributed by atoms with van der Waals surface area (Å²) in [5.41, 5.74) is 2.61. The Kier molecular flexibility index (Phi) is 6.91. The number of hydrogen-bond donors (Lipinski definition) is 0. The fourth-order valence-electron chi connectivity index (χ4n) is 3.28. The largest absolute Gasteiger partial charge is 0.485 e. The molecule has 0 bridgehead atoms. The monoisotopic (exact) mass is 407 g/mol. The van der Waals surface area contributed by atoms with E-state index in [2.05, 4.69) is 0 Å². The van der Waals surface area contributed by atoms with E-state index in [4.69, 9.17) is 14.2 Å². The molecule has 0 spiro atoms. The fraction of sp³-hybridized carbons (Fsp3) is 0.250. The zero-order valence-electron chi connectivity index (χ0n) is 17.4. The predicted octanol–water partition coefficient (Wildman–Crippen LogP) is 4.62. The Morgan fingerprint density at radius 2 is 1.40 bits per heavy atom. The zero-order valence-corrected chi connectivity index (χ0v) is 17.4. The van der Waals surface area contributed by atoms with E-state index in [0.29, 0.717) is 5.69 Å². The van der Waals surface area contributed by atoms with Crippen LogP contribution in [0.15, 0.2) is 60.7 Å². The third kappa shape index (κ3) is 4.38. The van der Waals surface area contributed by atoms with E-state index >= 15 is 0 Å². The van der Waals surface area contributed by atoms with E-state index in [1.807, 2.05) is 60.7 Å². The van der Waals surface area contributed by atoms with Crippen LogP contribution in [0.25, 0.3) is 11.3 Å². The molecule has 3 aromatic rings. The summed E-state index contributed by atoms with van der Waals surface area (Å²) in [6.07, 6.45) is 0. The Morgan fingerprint density at radius 3 is 2.00 bits per heavy atom. The average Bonchev–Trinajstić information content (AvgIpc) is 3.06. The van der Waals surface area contributed by atoms with E-state index in [-0.39, 0.29) is 36.8 Å². The van der Waals surface area contributed by atoms with E-state index in [1.165, 1.54) is 0 Å². The number of esters is 2. The molecule has 1 aromatic heterocycles. The number of aromatic nitrogens is 1. The van der Waals surface area contributed by atoms with Gasteiger partial charge in [0.05, 0.1) is 18.9 Å². The molecule has 0 fully saturated rings. The van der Waals surface area contributed by atoms with Crippen molar-refractivity contribution in [1.29, 1.82) is 0 Å². The van der Waals surface area contributed by atoms with Gasteiger partial charge in [-0.15, -0.1) is 0 Å². The average molecular weight is 407 g/mol. The summed E-state index contributed by atoms with van der Waals surface area (Å²) in [4.78, 5) is 25.7. The summed E-state index contributed by atoms with van der Waals surface area (Å²) in [5, 5.41) is 0. The molecule has 6 heteroatoms. The van der Waals surface area contributed by atoms with Crippen LogP contribution in [-0.2, 0) is 23.1 Å². The maximum absolute atomic E-state index is 12.9. The molecule has 0 N–H and O–H groups in total. The van der Waals surface area contributed by atoms with Gasteiger partial charge in [0.2, 0.25) is 0 Å². The van der Waals surface area contributed by atoms with Crippen molar-refractivity contribution in [2.75, 3.05) is 13.2 Å². The summed E-state index contributed by atoms with van der Waals surface area (Å²) in [7, 11) is 1.71. The standard InChI is InChI=1S/C24H25NO5/c1-4-28-23(26)19-20(18-14-10-7-11-15-18)25(3)21(24(27)29-5-2)22(19)30-16-17-12-8-6-9-13-17/h6-15H,4-5,16H2,1-3H3. The Balaban J connectivity index is 2.19. The van der Waals surface area contributed by atoms with Crippen molar-refractivity contribution in [3.63, 3.8) is 0 Å². The molecule has 30 heavy (non-hydrogen) atoms. The van der Waals surface area contributed by atoms with Crippen molar-refractivity contribution >= 4 is 11.9 Å². The zero-order chi connectivity index (χ0) is 21.5. The van der Waals surface area contributed by atoms with Gasteiger partial charge in [0, 0.05) is 7.05 Å². The summed E-state index contributed by atoms with van der Waals surface area (Å²) in [6, 6.07) is 18.9. The third-order valence-corrected chi connectivity index (χ3v) is 4.57. The van der Waals surface area contributed by atoms with Crippen molar-refractivity contribution < 1.29 is 23.8 Å². The van der Waals surface area contributed by atoms with Gasteiger partial charge in [-0.05, 0) is 25.0 Å². The SMILES string of the molecule is CCOC(=O)c1c(OCc2ccccc2)c(C(=O)OCC)n(C)c1-c1ccccc1. The first kappa shape index (κ1) is 21.2. The topological polar surface area (TPSA) is 66.8 Å². The molecule has 0 aliphatic heterocycles. The van der Waals surface area contributed by atoms with Crippen LogP contribution in [0.3, 0.4) is 0 Å². The van der Waals surface area contributed by atoms with E-state index in [9.17, 15) is 9.59 Å².